The van der Waals surface area contributed by atoms with E-state index in [2.05, 4.69) is 10.6 Å². The maximum Gasteiger partial charge on any atom is 0.338 e. The molecule has 0 fully saturated rings. The van der Waals surface area contributed by atoms with Crippen LogP contribution in [0.25, 0.3) is 5.70 Å². The van der Waals surface area contributed by atoms with Gasteiger partial charge in [0.1, 0.15) is 11.5 Å². The monoisotopic (exact) mass is 382 g/mol. The van der Waals surface area contributed by atoms with E-state index >= 15 is 0 Å². The molecule has 2 N–H and O–H groups in total. The first kappa shape index (κ1) is 19.3. The highest BCUT2D eigenvalue weighted by Gasteiger charge is 2.36. The number of carbonyl (C=O) groups excluding carboxylic acids is 2. The molecule has 1 atom stereocenters. The minimum Gasteiger partial charge on any atom is -0.497 e. The van der Waals surface area contributed by atoms with Gasteiger partial charge in [-0.15, -0.1) is 0 Å². The van der Waals surface area contributed by atoms with Crippen LogP contribution in [0.4, 0.5) is 4.79 Å². The van der Waals surface area contributed by atoms with Crippen molar-refractivity contribution in [1.29, 1.82) is 0 Å². The number of rotatable bonds is 6. The van der Waals surface area contributed by atoms with Crippen molar-refractivity contribution < 1.29 is 23.8 Å². The van der Waals surface area contributed by atoms with Crippen LogP contribution in [0.15, 0.2) is 54.1 Å². The van der Waals surface area contributed by atoms with Crippen LogP contribution in [-0.4, -0.2) is 32.8 Å². The van der Waals surface area contributed by atoms with Crippen molar-refractivity contribution in [3.8, 4) is 11.5 Å². The molecule has 2 amide bonds. The van der Waals surface area contributed by atoms with Crippen LogP contribution in [0.1, 0.15) is 24.1 Å². The van der Waals surface area contributed by atoms with Crippen molar-refractivity contribution in [3.05, 3.63) is 65.2 Å². The lowest BCUT2D eigenvalue weighted by molar-refractivity contribution is -0.138. The summed E-state index contributed by atoms with van der Waals surface area (Å²) >= 11 is 0. The lowest BCUT2D eigenvalue weighted by Gasteiger charge is -2.30. The summed E-state index contributed by atoms with van der Waals surface area (Å²) < 4.78 is 16.1. The molecule has 0 aliphatic carbocycles. The van der Waals surface area contributed by atoms with Crippen molar-refractivity contribution in [2.75, 3.05) is 20.8 Å². The molecule has 0 spiro atoms. The van der Waals surface area contributed by atoms with Crippen LogP contribution in [0, 0.1) is 0 Å². The minimum atomic E-state index is -0.770. The molecule has 2 aromatic carbocycles. The first-order valence-electron chi connectivity index (χ1n) is 8.85. The van der Waals surface area contributed by atoms with Gasteiger partial charge in [-0.1, -0.05) is 30.3 Å². The van der Waals surface area contributed by atoms with E-state index in [1.54, 1.807) is 32.2 Å². The van der Waals surface area contributed by atoms with E-state index in [0.29, 0.717) is 33.9 Å². The summed E-state index contributed by atoms with van der Waals surface area (Å²) in [6.45, 7) is 1.94. The van der Waals surface area contributed by atoms with Crippen LogP contribution >= 0.6 is 0 Å². The summed E-state index contributed by atoms with van der Waals surface area (Å²) in [5, 5.41) is 5.55. The Kier molecular flexibility index (Phi) is 5.84. The van der Waals surface area contributed by atoms with E-state index in [0.717, 1.165) is 0 Å². The maximum absolute atomic E-state index is 12.9. The van der Waals surface area contributed by atoms with Crippen molar-refractivity contribution in [2.45, 2.75) is 13.0 Å². The number of ether oxygens (including phenoxy) is 3. The summed E-state index contributed by atoms with van der Waals surface area (Å²) in [5.41, 5.74) is 1.98. The molecule has 0 bridgehead atoms. The van der Waals surface area contributed by atoms with Crippen LogP contribution in [0.2, 0.25) is 0 Å². The van der Waals surface area contributed by atoms with Gasteiger partial charge in [0.25, 0.3) is 0 Å². The average molecular weight is 382 g/mol. The SMILES string of the molecule is CCOC(=O)C1=C(c2ccccc2)NC(=O)NC1c1cc(OC)ccc1OC. The van der Waals surface area contributed by atoms with E-state index in [4.69, 9.17) is 14.2 Å². The Morgan fingerprint density at radius 3 is 2.46 bits per heavy atom. The highest BCUT2D eigenvalue weighted by molar-refractivity contribution is 6.04. The number of benzene rings is 2. The first-order chi connectivity index (χ1) is 13.6. The van der Waals surface area contributed by atoms with Crippen LogP contribution in [0.3, 0.4) is 0 Å². The number of nitrogens with one attached hydrogen (secondary N) is 2. The fourth-order valence-electron chi connectivity index (χ4n) is 3.12. The third kappa shape index (κ3) is 3.78. The van der Waals surface area contributed by atoms with Gasteiger partial charge in [0.15, 0.2) is 0 Å². The normalized spacial score (nSPS) is 16.1. The zero-order chi connectivity index (χ0) is 20.1. The second-order valence-electron chi connectivity index (χ2n) is 6.01. The molecule has 1 unspecified atom stereocenters. The van der Waals surface area contributed by atoms with Gasteiger partial charge in [-0.25, -0.2) is 9.59 Å². The number of amides is 2. The fourth-order valence-corrected chi connectivity index (χ4v) is 3.12. The summed E-state index contributed by atoms with van der Waals surface area (Å²) in [4.78, 5) is 25.3. The molecule has 28 heavy (non-hydrogen) atoms. The van der Waals surface area contributed by atoms with Gasteiger partial charge < -0.3 is 24.8 Å². The molecule has 7 heteroatoms. The number of hydrogen-bond acceptors (Lipinski definition) is 5. The molecular weight excluding hydrogens is 360 g/mol. The number of urea groups is 1. The predicted molar refractivity (Wildman–Crippen MR) is 104 cm³/mol. The summed E-state index contributed by atoms with van der Waals surface area (Å²) in [7, 11) is 3.07. The van der Waals surface area contributed by atoms with E-state index < -0.39 is 18.0 Å². The number of hydrogen-bond donors (Lipinski definition) is 2. The highest BCUT2D eigenvalue weighted by Crippen LogP contribution is 2.37. The fraction of sp³-hybridized carbons (Fsp3) is 0.238. The second-order valence-corrected chi connectivity index (χ2v) is 6.01. The Balaban J connectivity index is 2.23. The molecular formula is C21H22N2O5. The largest absolute Gasteiger partial charge is 0.497 e. The zero-order valence-electron chi connectivity index (χ0n) is 15.9. The van der Waals surface area contributed by atoms with Gasteiger partial charge in [0.2, 0.25) is 0 Å². The third-order valence-electron chi connectivity index (χ3n) is 4.38. The topological polar surface area (TPSA) is 85.9 Å². The Labute approximate surface area is 163 Å². The molecule has 0 saturated heterocycles. The van der Waals surface area contributed by atoms with E-state index in [-0.39, 0.29) is 6.61 Å². The van der Waals surface area contributed by atoms with E-state index in [9.17, 15) is 9.59 Å². The number of methoxy groups -OCH3 is 2. The highest BCUT2D eigenvalue weighted by atomic mass is 16.5. The molecule has 3 rings (SSSR count). The summed E-state index contributed by atoms with van der Waals surface area (Å²) in [6, 6.07) is 13.2. The molecule has 0 aromatic heterocycles. The van der Waals surface area contributed by atoms with Crippen molar-refractivity contribution in [2.24, 2.45) is 0 Å². The molecule has 7 nitrogen and oxygen atoms in total. The van der Waals surface area contributed by atoms with Gasteiger partial charge in [0.05, 0.1) is 38.1 Å². The molecule has 1 aliphatic heterocycles. The standard InChI is InChI=1S/C21H22N2O5/c1-4-28-20(24)17-18(13-8-6-5-7-9-13)22-21(25)23-19(17)15-12-14(26-2)10-11-16(15)27-3/h5-12,19H,4H2,1-3H3,(H2,22,23,25). The second kappa shape index (κ2) is 8.47. The van der Waals surface area contributed by atoms with Crippen LogP contribution < -0.4 is 20.1 Å². The Hall–Kier alpha value is -3.48. The van der Waals surface area contributed by atoms with Gasteiger partial charge in [-0.2, -0.15) is 0 Å². The van der Waals surface area contributed by atoms with E-state index in [1.807, 2.05) is 30.3 Å². The first-order valence-corrected chi connectivity index (χ1v) is 8.85. The quantitative estimate of drug-likeness (QED) is 0.750. The van der Waals surface area contributed by atoms with Gasteiger partial charge in [-0.3, -0.25) is 0 Å². The predicted octanol–water partition coefficient (Wildman–Crippen LogP) is 3.03. The Morgan fingerprint density at radius 2 is 1.82 bits per heavy atom. The zero-order valence-corrected chi connectivity index (χ0v) is 15.9. The summed E-state index contributed by atoms with van der Waals surface area (Å²) in [6.07, 6.45) is 0. The molecule has 0 radical (unpaired) electrons. The molecule has 0 saturated carbocycles. The molecule has 1 aliphatic rings. The maximum atomic E-state index is 12.9. The Bertz CT molecular complexity index is 908. The number of carbonyl (C=O) groups is 2. The molecule has 146 valence electrons. The van der Waals surface area contributed by atoms with E-state index in [1.165, 1.54) is 7.11 Å². The van der Waals surface area contributed by atoms with Crippen molar-refractivity contribution in [3.63, 3.8) is 0 Å². The smallest absolute Gasteiger partial charge is 0.338 e. The van der Waals surface area contributed by atoms with Crippen LogP contribution in [-0.2, 0) is 9.53 Å². The lowest BCUT2D eigenvalue weighted by Crippen LogP contribution is -2.45. The number of esters is 1. The van der Waals surface area contributed by atoms with Crippen molar-refractivity contribution >= 4 is 17.7 Å². The molecule has 1 heterocycles. The molecule has 2 aromatic rings. The third-order valence-corrected chi connectivity index (χ3v) is 4.38. The minimum absolute atomic E-state index is 0.209. The van der Waals surface area contributed by atoms with Crippen LogP contribution in [0.5, 0.6) is 11.5 Å². The van der Waals surface area contributed by atoms with Gasteiger partial charge >= 0.3 is 12.0 Å². The Morgan fingerprint density at radius 1 is 1.07 bits per heavy atom. The van der Waals surface area contributed by atoms with Gasteiger partial charge in [0, 0.05) is 5.56 Å². The average Bonchev–Trinajstić information content (AvgIpc) is 2.73. The van der Waals surface area contributed by atoms with Crippen molar-refractivity contribution in [1.82, 2.24) is 10.6 Å². The summed E-state index contributed by atoms with van der Waals surface area (Å²) in [5.74, 6) is 0.569. The van der Waals surface area contributed by atoms with Gasteiger partial charge in [-0.05, 0) is 30.7 Å². The lowest BCUT2D eigenvalue weighted by atomic mass is 9.92.